The standard InChI is InChI=1S/C15H27N3O2/c1-5-11(6-2)14(19)8-17-15(20)13-7-12(16)9-18(13)10(3)4/h7,9-11,14,19H,5-6,8,16H2,1-4H3,(H,17,20). The van der Waals surface area contributed by atoms with E-state index >= 15 is 0 Å². The Morgan fingerprint density at radius 1 is 1.40 bits per heavy atom. The Morgan fingerprint density at radius 3 is 2.50 bits per heavy atom. The predicted octanol–water partition coefficient (Wildman–Crippen LogP) is 2.18. The summed E-state index contributed by atoms with van der Waals surface area (Å²) in [6.45, 7) is 8.35. The van der Waals surface area contributed by atoms with Gasteiger partial charge in [0.1, 0.15) is 5.69 Å². The highest BCUT2D eigenvalue weighted by molar-refractivity contribution is 5.93. The van der Waals surface area contributed by atoms with Crippen LogP contribution in [0.15, 0.2) is 12.3 Å². The van der Waals surface area contributed by atoms with E-state index in [1.54, 1.807) is 12.3 Å². The van der Waals surface area contributed by atoms with Crippen LogP contribution in [0.4, 0.5) is 5.69 Å². The predicted molar refractivity (Wildman–Crippen MR) is 81.6 cm³/mol. The van der Waals surface area contributed by atoms with Gasteiger partial charge in [-0.3, -0.25) is 4.79 Å². The van der Waals surface area contributed by atoms with Crippen LogP contribution in [-0.2, 0) is 0 Å². The van der Waals surface area contributed by atoms with Gasteiger partial charge in [-0.15, -0.1) is 0 Å². The number of nitrogens with zero attached hydrogens (tertiary/aromatic N) is 1. The average Bonchev–Trinajstić information content (AvgIpc) is 2.79. The first-order valence-corrected chi connectivity index (χ1v) is 7.34. The van der Waals surface area contributed by atoms with Crippen molar-refractivity contribution < 1.29 is 9.90 Å². The topological polar surface area (TPSA) is 80.3 Å². The van der Waals surface area contributed by atoms with Gasteiger partial charge in [0.2, 0.25) is 0 Å². The minimum atomic E-state index is -0.506. The number of hydrogen-bond acceptors (Lipinski definition) is 3. The number of rotatable bonds is 7. The second kappa shape index (κ2) is 7.33. The average molecular weight is 281 g/mol. The SMILES string of the molecule is CCC(CC)C(O)CNC(=O)c1cc(N)cn1C(C)C. The molecule has 0 aromatic carbocycles. The van der Waals surface area contributed by atoms with Crippen molar-refractivity contribution >= 4 is 11.6 Å². The van der Waals surface area contributed by atoms with E-state index in [-0.39, 0.29) is 24.4 Å². The number of carbonyl (C=O) groups excluding carboxylic acids is 1. The summed E-state index contributed by atoms with van der Waals surface area (Å²) < 4.78 is 1.84. The van der Waals surface area contributed by atoms with E-state index in [9.17, 15) is 9.90 Å². The minimum Gasteiger partial charge on any atom is -0.397 e. The molecule has 0 spiro atoms. The van der Waals surface area contributed by atoms with Crippen molar-refractivity contribution in [2.75, 3.05) is 12.3 Å². The molecule has 1 heterocycles. The van der Waals surface area contributed by atoms with Crippen LogP contribution < -0.4 is 11.1 Å². The van der Waals surface area contributed by atoms with E-state index < -0.39 is 6.10 Å². The second-order valence-corrected chi connectivity index (χ2v) is 5.51. The molecular weight excluding hydrogens is 254 g/mol. The first-order valence-electron chi connectivity index (χ1n) is 7.34. The van der Waals surface area contributed by atoms with Gasteiger partial charge >= 0.3 is 0 Å². The van der Waals surface area contributed by atoms with Gasteiger partial charge in [0.15, 0.2) is 0 Å². The lowest BCUT2D eigenvalue weighted by molar-refractivity contribution is 0.0809. The Morgan fingerprint density at radius 2 is 2.00 bits per heavy atom. The van der Waals surface area contributed by atoms with Crippen molar-refractivity contribution in [2.45, 2.75) is 52.7 Å². The first-order chi connectivity index (χ1) is 9.40. The molecule has 0 fully saturated rings. The maximum absolute atomic E-state index is 12.2. The van der Waals surface area contributed by atoms with Crippen LogP contribution >= 0.6 is 0 Å². The van der Waals surface area contributed by atoms with Crippen molar-refractivity contribution in [1.82, 2.24) is 9.88 Å². The van der Waals surface area contributed by atoms with Crippen molar-refractivity contribution in [3.8, 4) is 0 Å². The number of aliphatic hydroxyl groups excluding tert-OH is 1. The summed E-state index contributed by atoms with van der Waals surface area (Å²) in [5.41, 5.74) is 6.86. The molecule has 0 bridgehead atoms. The van der Waals surface area contributed by atoms with Crippen LogP contribution in [0.1, 0.15) is 57.1 Å². The van der Waals surface area contributed by atoms with E-state index in [1.165, 1.54) is 0 Å². The molecule has 20 heavy (non-hydrogen) atoms. The fraction of sp³-hybridized carbons (Fsp3) is 0.667. The maximum Gasteiger partial charge on any atom is 0.268 e. The largest absolute Gasteiger partial charge is 0.397 e. The third-order valence-corrected chi connectivity index (χ3v) is 3.72. The summed E-state index contributed by atoms with van der Waals surface area (Å²) in [6, 6.07) is 1.83. The van der Waals surface area contributed by atoms with E-state index in [0.29, 0.717) is 11.4 Å². The monoisotopic (exact) mass is 281 g/mol. The normalized spacial score (nSPS) is 12.9. The number of nitrogen functional groups attached to an aromatic ring is 1. The van der Waals surface area contributed by atoms with E-state index in [1.807, 2.05) is 32.3 Å². The molecule has 0 aliphatic heterocycles. The summed E-state index contributed by atoms with van der Waals surface area (Å²) in [5, 5.41) is 12.8. The molecule has 0 radical (unpaired) electrons. The molecule has 4 N–H and O–H groups in total. The number of anilines is 1. The van der Waals surface area contributed by atoms with Crippen LogP contribution in [0.2, 0.25) is 0 Å². The van der Waals surface area contributed by atoms with Gasteiger partial charge in [-0.05, 0) is 25.8 Å². The highest BCUT2D eigenvalue weighted by Gasteiger charge is 2.19. The molecule has 1 aromatic heterocycles. The number of aliphatic hydroxyl groups is 1. The Kier molecular flexibility index (Phi) is 6.07. The highest BCUT2D eigenvalue weighted by atomic mass is 16.3. The van der Waals surface area contributed by atoms with Gasteiger partial charge in [0.25, 0.3) is 5.91 Å². The molecule has 0 saturated heterocycles. The van der Waals surface area contributed by atoms with Gasteiger partial charge in [0.05, 0.1) is 11.8 Å². The number of carbonyl (C=O) groups is 1. The molecule has 0 aliphatic carbocycles. The van der Waals surface area contributed by atoms with Gasteiger partial charge < -0.3 is 20.7 Å². The molecule has 1 rings (SSSR count). The van der Waals surface area contributed by atoms with Gasteiger partial charge in [-0.25, -0.2) is 0 Å². The Labute approximate surface area is 121 Å². The van der Waals surface area contributed by atoms with Crippen LogP contribution in [0.25, 0.3) is 0 Å². The fourth-order valence-corrected chi connectivity index (χ4v) is 2.40. The number of hydrogen-bond donors (Lipinski definition) is 3. The zero-order valence-corrected chi connectivity index (χ0v) is 12.9. The van der Waals surface area contributed by atoms with E-state index in [4.69, 9.17) is 5.73 Å². The van der Waals surface area contributed by atoms with Crippen molar-refractivity contribution in [2.24, 2.45) is 5.92 Å². The summed E-state index contributed by atoms with van der Waals surface area (Å²) in [6.07, 6.45) is 3.07. The fourth-order valence-electron chi connectivity index (χ4n) is 2.40. The summed E-state index contributed by atoms with van der Waals surface area (Å²) in [7, 11) is 0. The third-order valence-electron chi connectivity index (χ3n) is 3.72. The summed E-state index contributed by atoms with van der Waals surface area (Å²) in [5.74, 6) is 0.0256. The number of nitrogens with two attached hydrogens (primary N) is 1. The zero-order chi connectivity index (χ0) is 15.3. The zero-order valence-electron chi connectivity index (χ0n) is 12.9. The number of amides is 1. The number of aromatic nitrogens is 1. The van der Waals surface area contributed by atoms with Crippen molar-refractivity contribution in [1.29, 1.82) is 0 Å². The molecule has 1 unspecified atom stereocenters. The maximum atomic E-state index is 12.2. The molecule has 5 heteroatoms. The van der Waals surface area contributed by atoms with Gasteiger partial charge in [-0.1, -0.05) is 26.7 Å². The summed E-state index contributed by atoms with van der Waals surface area (Å²) >= 11 is 0. The molecule has 0 saturated carbocycles. The third kappa shape index (κ3) is 4.00. The van der Waals surface area contributed by atoms with Crippen LogP contribution in [0.5, 0.6) is 0 Å². The van der Waals surface area contributed by atoms with Crippen molar-refractivity contribution in [3.63, 3.8) is 0 Å². The molecule has 5 nitrogen and oxygen atoms in total. The quantitative estimate of drug-likeness (QED) is 0.716. The lowest BCUT2D eigenvalue weighted by atomic mass is 9.96. The molecule has 1 aromatic rings. The van der Waals surface area contributed by atoms with Crippen LogP contribution in [0, 0.1) is 5.92 Å². The minimum absolute atomic E-state index is 0.164. The molecule has 114 valence electrons. The summed E-state index contributed by atoms with van der Waals surface area (Å²) in [4.78, 5) is 12.2. The molecular formula is C15H27N3O2. The van der Waals surface area contributed by atoms with E-state index in [0.717, 1.165) is 12.8 Å². The lowest BCUT2D eigenvalue weighted by Crippen LogP contribution is -2.36. The van der Waals surface area contributed by atoms with Crippen LogP contribution in [-0.4, -0.2) is 28.2 Å². The highest BCUT2D eigenvalue weighted by Crippen LogP contribution is 2.17. The lowest BCUT2D eigenvalue weighted by Gasteiger charge is -2.20. The van der Waals surface area contributed by atoms with Gasteiger partial charge in [0, 0.05) is 18.8 Å². The Balaban J connectivity index is 2.68. The number of nitrogens with one attached hydrogen (secondary N) is 1. The molecule has 0 aliphatic rings. The van der Waals surface area contributed by atoms with E-state index in [2.05, 4.69) is 5.32 Å². The smallest absolute Gasteiger partial charge is 0.268 e. The molecule has 1 amide bonds. The Bertz CT molecular complexity index is 436. The van der Waals surface area contributed by atoms with Gasteiger partial charge in [-0.2, -0.15) is 0 Å². The van der Waals surface area contributed by atoms with Crippen molar-refractivity contribution in [3.05, 3.63) is 18.0 Å². The van der Waals surface area contributed by atoms with Crippen LogP contribution in [0.3, 0.4) is 0 Å². The molecule has 1 atom stereocenters. The Hall–Kier alpha value is -1.49. The second-order valence-electron chi connectivity index (χ2n) is 5.51. The first kappa shape index (κ1) is 16.6.